The van der Waals surface area contributed by atoms with Gasteiger partial charge in [0.2, 0.25) is 0 Å². The summed E-state index contributed by atoms with van der Waals surface area (Å²) in [6.45, 7) is 8.04. The quantitative estimate of drug-likeness (QED) is 0.831. The molecular weight excluding hydrogens is 262 g/mol. The van der Waals surface area contributed by atoms with Crippen LogP contribution in [0.15, 0.2) is 18.2 Å². The van der Waals surface area contributed by atoms with E-state index in [1.807, 2.05) is 32.0 Å². The molecule has 1 aliphatic heterocycles. The summed E-state index contributed by atoms with van der Waals surface area (Å²) >= 11 is 6.05. The molecule has 1 heterocycles. The highest BCUT2D eigenvalue weighted by atomic mass is 35.5. The third-order valence-corrected chi connectivity index (χ3v) is 3.68. The van der Waals surface area contributed by atoms with Crippen molar-refractivity contribution in [3.63, 3.8) is 0 Å². The Hall–Kier alpha value is -0.970. The molecule has 2 rings (SSSR count). The lowest BCUT2D eigenvalue weighted by atomic mass is 10.1. The van der Waals surface area contributed by atoms with Crippen LogP contribution in [0.25, 0.3) is 0 Å². The molecule has 106 valence electrons. The van der Waals surface area contributed by atoms with Crippen LogP contribution in [0.5, 0.6) is 0 Å². The molecular formula is C14H22ClN3O. The predicted molar refractivity (Wildman–Crippen MR) is 80.8 cm³/mol. The van der Waals surface area contributed by atoms with Gasteiger partial charge in [-0.25, -0.2) is 0 Å². The number of para-hydroxylation sites is 1. The first-order valence-corrected chi connectivity index (χ1v) is 6.98. The number of nitrogens with two attached hydrogens (primary N) is 1. The molecule has 0 spiro atoms. The zero-order valence-corrected chi connectivity index (χ0v) is 12.3. The van der Waals surface area contributed by atoms with Crippen molar-refractivity contribution in [3.05, 3.63) is 23.2 Å². The normalized spacial score (nSPS) is 17.8. The fraction of sp³-hybridized carbons (Fsp3) is 0.571. The third-order valence-electron chi connectivity index (χ3n) is 3.35. The number of aliphatic hydroxyl groups is 1. The van der Waals surface area contributed by atoms with Gasteiger partial charge >= 0.3 is 0 Å². The second kappa shape index (κ2) is 5.57. The Balaban J connectivity index is 1.98. The van der Waals surface area contributed by atoms with E-state index >= 15 is 0 Å². The zero-order valence-electron chi connectivity index (χ0n) is 11.6. The number of piperazine rings is 1. The van der Waals surface area contributed by atoms with Crippen molar-refractivity contribution in [2.45, 2.75) is 19.4 Å². The van der Waals surface area contributed by atoms with Crippen LogP contribution in [0.2, 0.25) is 5.02 Å². The number of hydrogen-bond acceptors (Lipinski definition) is 4. The summed E-state index contributed by atoms with van der Waals surface area (Å²) in [5.74, 6) is 0. The number of β-amino-alcohol motifs (C(OH)–C–C–N with tert-alkyl or cyclic N) is 1. The summed E-state index contributed by atoms with van der Waals surface area (Å²) in [4.78, 5) is 4.53. The van der Waals surface area contributed by atoms with Gasteiger partial charge in [-0.2, -0.15) is 0 Å². The summed E-state index contributed by atoms with van der Waals surface area (Å²) < 4.78 is 0. The number of nitrogen functional groups attached to an aromatic ring is 1. The molecule has 0 saturated carbocycles. The van der Waals surface area contributed by atoms with Gasteiger partial charge in [-0.3, -0.25) is 4.90 Å². The van der Waals surface area contributed by atoms with E-state index in [9.17, 15) is 5.11 Å². The van der Waals surface area contributed by atoms with Crippen LogP contribution < -0.4 is 10.6 Å². The number of nitrogens with zero attached hydrogens (tertiary/aromatic N) is 2. The van der Waals surface area contributed by atoms with Gasteiger partial charge in [0.1, 0.15) is 0 Å². The fourth-order valence-corrected chi connectivity index (χ4v) is 2.67. The maximum absolute atomic E-state index is 9.84. The number of anilines is 2. The maximum atomic E-state index is 9.84. The van der Waals surface area contributed by atoms with Crippen molar-refractivity contribution >= 4 is 23.0 Å². The summed E-state index contributed by atoms with van der Waals surface area (Å²) in [7, 11) is 0. The average molecular weight is 284 g/mol. The molecule has 19 heavy (non-hydrogen) atoms. The second-order valence-corrected chi connectivity index (χ2v) is 6.16. The van der Waals surface area contributed by atoms with Gasteiger partial charge in [0.05, 0.1) is 22.0 Å². The van der Waals surface area contributed by atoms with E-state index in [1.165, 1.54) is 0 Å². The summed E-state index contributed by atoms with van der Waals surface area (Å²) in [5.41, 5.74) is 7.04. The Morgan fingerprint density at radius 2 is 1.89 bits per heavy atom. The summed E-state index contributed by atoms with van der Waals surface area (Å²) in [6.07, 6.45) is 0. The second-order valence-electron chi connectivity index (χ2n) is 5.75. The molecule has 1 aromatic rings. The minimum atomic E-state index is -0.642. The number of rotatable bonds is 3. The molecule has 3 N–H and O–H groups in total. The SMILES string of the molecule is CC(C)(O)CN1CCN(c2cccc(Cl)c2N)CC1. The van der Waals surface area contributed by atoms with Crippen LogP contribution in [-0.4, -0.2) is 48.3 Å². The van der Waals surface area contributed by atoms with Gasteiger partial charge in [0.15, 0.2) is 0 Å². The molecule has 0 atom stereocenters. The minimum Gasteiger partial charge on any atom is -0.396 e. The Morgan fingerprint density at radius 3 is 2.47 bits per heavy atom. The lowest BCUT2D eigenvalue weighted by molar-refractivity contribution is 0.0345. The third kappa shape index (κ3) is 3.75. The van der Waals surface area contributed by atoms with E-state index in [4.69, 9.17) is 17.3 Å². The maximum Gasteiger partial charge on any atom is 0.0741 e. The summed E-state index contributed by atoms with van der Waals surface area (Å²) in [6, 6.07) is 5.75. The summed E-state index contributed by atoms with van der Waals surface area (Å²) in [5, 5.41) is 10.4. The Morgan fingerprint density at radius 1 is 1.26 bits per heavy atom. The van der Waals surface area contributed by atoms with Crippen molar-refractivity contribution in [2.24, 2.45) is 0 Å². The topological polar surface area (TPSA) is 52.7 Å². The van der Waals surface area contributed by atoms with Crippen molar-refractivity contribution in [3.8, 4) is 0 Å². The first-order chi connectivity index (χ1) is 8.87. The highest BCUT2D eigenvalue weighted by molar-refractivity contribution is 6.33. The van der Waals surface area contributed by atoms with Crippen molar-refractivity contribution in [2.75, 3.05) is 43.4 Å². The Kier molecular flexibility index (Phi) is 4.23. The van der Waals surface area contributed by atoms with E-state index in [-0.39, 0.29) is 0 Å². The highest BCUT2D eigenvalue weighted by Crippen LogP contribution is 2.30. The predicted octanol–water partition coefficient (Wildman–Crippen LogP) is 1.82. The number of hydrogen-bond donors (Lipinski definition) is 2. The molecule has 0 unspecified atom stereocenters. The van der Waals surface area contributed by atoms with Gasteiger partial charge < -0.3 is 15.7 Å². The molecule has 1 fully saturated rings. The van der Waals surface area contributed by atoms with Crippen LogP contribution >= 0.6 is 11.6 Å². The van der Waals surface area contributed by atoms with Crippen LogP contribution in [0.4, 0.5) is 11.4 Å². The number of halogens is 1. The van der Waals surface area contributed by atoms with E-state index in [2.05, 4.69) is 9.80 Å². The van der Waals surface area contributed by atoms with Crippen molar-refractivity contribution in [1.82, 2.24) is 4.90 Å². The standard InChI is InChI=1S/C14H22ClN3O/c1-14(2,19)10-17-6-8-18(9-7-17)12-5-3-4-11(15)13(12)16/h3-5,19H,6-10,16H2,1-2H3. The van der Waals surface area contributed by atoms with Gasteiger partial charge in [-0.05, 0) is 26.0 Å². The van der Waals surface area contributed by atoms with E-state index in [0.717, 1.165) is 31.9 Å². The van der Waals surface area contributed by atoms with Crippen LogP contribution in [0, 0.1) is 0 Å². The molecule has 5 heteroatoms. The molecule has 0 aliphatic carbocycles. The fourth-order valence-electron chi connectivity index (χ4n) is 2.50. The molecule has 0 radical (unpaired) electrons. The van der Waals surface area contributed by atoms with Crippen molar-refractivity contribution in [1.29, 1.82) is 0 Å². The molecule has 1 saturated heterocycles. The number of benzene rings is 1. The van der Waals surface area contributed by atoms with Gasteiger partial charge in [-0.1, -0.05) is 17.7 Å². The molecule has 1 aromatic carbocycles. The molecule has 4 nitrogen and oxygen atoms in total. The van der Waals surface area contributed by atoms with E-state index in [0.29, 0.717) is 17.3 Å². The van der Waals surface area contributed by atoms with Crippen LogP contribution in [0.3, 0.4) is 0 Å². The monoisotopic (exact) mass is 283 g/mol. The Bertz CT molecular complexity index is 437. The van der Waals surface area contributed by atoms with Crippen molar-refractivity contribution < 1.29 is 5.11 Å². The average Bonchev–Trinajstić information content (AvgIpc) is 2.32. The smallest absolute Gasteiger partial charge is 0.0741 e. The minimum absolute atomic E-state index is 0.608. The molecule has 1 aliphatic rings. The van der Waals surface area contributed by atoms with E-state index < -0.39 is 5.60 Å². The lowest BCUT2D eigenvalue weighted by Crippen LogP contribution is -2.50. The van der Waals surface area contributed by atoms with Gasteiger partial charge in [-0.15, -0.1) is 0 Å². The lowest BCUT2D eigenvalue weighted by Gasteiger charge is -2.38. The zero-order chi connectivity index (χ0) is 14.0. The largest absolute Gasteiger partial charge is 0.396 e. The van der Waals surface area contributed by atoms with Gasteiger partial charge in [0.25, 0.3) is 0 Å². The molecule has 0 bridgehead atoms. The first kappa shape index (κ1) is 14.4. The van der Waals surface area contributed by atoms with Crippen LogP contribution in [0.1, 0.15) is 13.8 Å². The molecule has 0 aromatic heterocycles. The first-order valence-electron chi connectivity index (χ1n) is 6.60. The Labute approximate surface area is 119 Å². The highest BCUT2D eigenvalue weighted by Gasteiger charge is 2.23. The van der Waals surface area contributed by atoms with E-state index in [1.54, 1.807) is 0 Å². The van der Waals surface area contributed by atoms with Gasteiger partial charge in [0, 0.05) is 32.7 Å². The van der Waals surface area contributed by atoms with Crippen LogP contribution in [-0.2, 0) is 0 Å². The molecule has 0 amide bonds.